The van der Waals surface area contributed by atoms with Crippen molar-refractivity contribution >= 4 is 11.4 Å². The molecule has 1 rings (SSSR count). The highest BCUT2D eigenvalue weighted by Gasteiger charge is 2.15. The normalized spacial score (nSPS) is 10.1. The summed E-state index contributed by atoms with van der Waals surface area (Å²) in [6.45, 7) is 1.68. The number of nitro groups is 1. The average molecular weight is 211 g/mol. The first-order chi connectivity index (χ1) is 7.10. The van der Waals surface area contributed by atoms with E-state index in [4.69, 9.17) is 10.9 Å². The summed E-state index contributed by atoms with van der Waals surface area (Å²) in [5.41, 5.74) is 4.21. The molecule has 0 radical (unpaired) electrons. The molecule has 0 fully saturated rings. The number of nitrogens with two attached hydrogens (primary N) is 1. The van der Waals surface area contributed by atoms with Crippen LogP contribution in [-0.2, 0) is 6.42 Å². The van der Waals surface area contributed by atoms with Gasteiger partial charge in [-0.25, -0.2) is 0 Å². The van der Waals surface area contributed by atoms with Crippen molar-refractivity contribution in [3.8, 4) is 0 Å². The molecule has 0 atom stereocenters. The number of benzene rings is 1. The second-order valence-corrected chi connectivity index (χ2v) is 3.17. The Morgan fingerprint density at radius 3 is 2.73 bits per heavy atom. The molecule has 0 bridgehead atoms. The van der Waals surface area contributed by atoms with Crippen molar-refractivity contribution in [3.05, 3.63) is 33.4 Å². The quantitative estimate of drug-likeness (QED) is 0.387. The molecule has 0 aliphatic rings. The zero-order valence-corrected chi connectivity index (χ0v) is 8.36. The molecular formula is C9H13N3O3. The molecule has 0 aliphatic carbocycles. The number of nitrogens with zero attached hydrogens (tertiary/aromatic N) is 1. The molecule has 0 heterocycles. The number of hydrogen-bond donors (Lipinski definition) is 3. The molecule has 0 spiro atoms. The fourth-order valence-corrected chi connectivity index (χ4v) is 1.40. The fourth-order valence-electron chi connectivity index (χ4n) is 1.40. The minimum Gasteiger partial charge on any atom is -0.396 e. The summed E-state index contributed by atoms with van der Waals surface area (Å²) in [6, 6.07) is 3.03. The highest BCUT2D eigenvalue weighted by Crippen LogP contribution is 2.26. The molecular weight excluding hydrogens is 198 g/mol. The highest BCUT2D eigenvalue weighted by atomic mass is 16.6. The van der Waals surface area contributed by atoms with Crippen LogP contribution in [0.5, 0.6) is 0 Å². The van der Waals surface area contributed by atoms with Crippen LogP contribution in [0, 0.1) is 17.0 Å². The summed E-state index contributed by atoms with van der Waals surface area (Å²) < 4.78 is 0. The summed E-state index contributed by atoms with van der Waals surface area (Å²) in [4.78, 5) is 10.3. The van der Waals surface area contributed by atoms with Gasteiger partial charge in [-0.1, -0.05) is 0 Å². The van der Waals surface area contributed by atoms with Gasteiger partial charge in [-0.2, -0.15) is 0 Å². The molecule has 6 nitrogen and oxygen atoms in total. The monoisotopic (exact) mass is 211 g/mol. The molecule has 1 aromatic carbocycles. The minimum absolute atomic E-state index is 0.0254. The van der Waals surface area contributed by atoms with Crippen LogP contribution in [0.2, 0.25) is 0 Å². The zero-order chi connectivity index (χ0) is 11.4. The zero-order valence-electron chi connectivity index (χ0n) is 8.36. The fraction of sp³-hybridized carbons (Fsp3) is 0.333. The maximum absolute atomic E-state index is 10.7. The number of aliphatic hydroxyl groups is 1. The van der Waals surface area contributed by atoms with Gasteiger partial charge in [-0.3, -0.25) is 16.0 Å². The summed E-state index contributed by atoms with van der Waals surface area (Å²) in [7, 11) is 0. The number of aryl methyl sites for hydroxylation is 1. The van der Waals surface area contributed by atoms with Crippen molar-refractivity contribution in [2.45, 2.75) is 13.3 Å². The molecule has 0 aliphatic heterocycles. The number of hydrogen-bond acceptors (Lipinski definition) is 5. The lowest BCUT2D eigenvalue weighted by molar-refractivity contribution is -0.385. The number of hydrazine groups is 1. The molecule has 1 aromatic rings. The van der Waals surface area contributed by atoms with E-state index in [9.17, 15) is 10.1 Å². The summed E-state index contributed by atoms with van der Waals surface area (Å²) in [5, 5.41) is 19.5. The number of nitro benzene ring substituents is 1. The Kier molecular flexibility index (Phi) is 3.59. The SMILES string of the molecule is Cc1cc(CCO)c([N+](=O)[O-])cc1NN. The van der Waals surface area contributed by atoms with Crippen molar-refractivity contribution in [2.24, 2.45) is 5.84 Å². The van der Waals surface area contributed by atoms with Gasteiger partial charge >= 0.3 is 0 Å². The van der Waals surface area contributed by atoms with Gasteiger partial charge in [0.1, 0.15) is 0 Å². The number of rotatable bonds is 4. The van der Waals surface area contributed by atoms with Gasteiger partial charge in [0.25, 0.3) is 5.69 Å². The van der Waals surface area contributed by atoms with Gasteiger partial charge in [0.2, 0.25) is 0 Å². The van der Waals surface area contributed by atoms with Crippen molar-refractivity contribution in [1.29, 1.82) is 0 Å². The predicted octanol–water partition coefficient (Wildman–Crippen LogP) is 0.724. The summed E-state index contributed by atoms with van der Waals surface area (Å²) >= 11 is 0. The Hall–Kier alpha value is -1.66. The Morgan fingerprint density at radius 2 is 2.27 bits per heavy atom. The standard InChI is InChI=1S/C9H13N3O3/c1-6-4-7(2-3-13)9(12(14)15)5-8(6)11-10/h4-5,11,13H,2-3,10H2,1H3. The van der Waals surface area contributed by atoms with Crippen LogP contribution in [0.3, 0.4) is 0 Å². The predicted molar refractivity (Wildman–Crippen MR) is 56.4 cm³/mol. The summed E-state index contributed by atoms with van der Waals surface area (Å²) in [5.74, 6) is 5.22. The van der Waals surface area contributed by atoms with Gasteiger partial charge in [-0.15, -0.1) is 0 Å². The van der Waals surface area contributed by atoms with Crippen molar-refractivity contribution in [2.75, 3.05) is 12.0 Å². The van der Waals surface area contributed by atoms with Crippen molar-refractivity contribution in [3.63, 3.8) is 0 Å². The number of nitrogens with one attached hydrogen (secondary N) is 1. The Labute approximate surface area is 86.8 Å². The number of anilines is 1. The van der Waals surface area contributed by atoms with Crippen molar-refractivity contribution in [1.82, 2.24) is 0 Å². The van der Waals surface area contributed by atoms with Crippen LogP contribution in [0.25, 0.3) is 0 Å². The van der Waals surface area contributed by atoms with E-state index in [2.05, 4.69) is 5.43 Å². The molecule has 0 unspecified atom stereocenters. The lowest BCUT2D eigenvalue weighted by atomic mass is 10.1. The van der Waals surface area contributed by atoms with Gasteiger partial charge in [0.15, 0.2) is 0 Å². The first-order valence-corrected chi connectivity index (χ1v) is 4.45. The topological polar surface area (TPSA) is 101 Å². The van der Waals surface area contributed by atoms with Crippen LogP contribution >= 0.6 is 0 Å². The first kappa shape index (κ1) is 11.4. The highest BCUT2D eigenvalue weighted by molar-refractivity contribution is 5.59. The minimum atomic E-state index is -0.481. The number of nitrogen functional groups attached to an aromatic ring is 1. The Balaban J connectivity index is 3.25. The molecule has 0 saturated heterocycles. The first-order valence-electron chi connectivity index (χ1n) is 4.45. The third kappa shape index (κ3) is 2.42. The van der Waals surface area contributed by atoms with E-state index in [0.29, 0.717) is 11.3 Å². The molecule has 6 heteroatoms. The Morgan fingerprint density at radius 1 is 1.60 bits per heavy atom. The largest absolute Gasteiger partial charge is 0.396 e. The number of aliphatic hydroxyl groups excluding tert-OH is 1. The van der Waals surface area contributed by atoms with Crippen LogP contribution in [0.1, 0.15) is 11.1 Å². The average Bonchev–Trinajstić information content (AvgIpc) is 2.18. The smallest absolute Gasteiger partial charge is 0.274 e. The molecule has 4 N–H and O–H groups in total. The molecule has 0 amide bonds. The van der Waals surface area contributed by atoms with Crippen LogP contribution in [-0.4, -0.2) is 16.6 Å². The lowest BCUT2D eigenvalue weighted by Crippen LogP contribution is -2.09. The lowest BCUT2D eigenvalue weighted by Gasteiger charge is -2.08. The summed E-state index contributed by atoms with van der Waals surface area (Å²) in [6.07, 6.45) is 0.266. The van der Waals surface area contributed by atoms with Gasteiger partial charge in [-0.05, 0) is 18.6 Å². The van der Waals surface area contributed by atoms with Crippen LogP contribution < -0.4 is 11.3 Å². The van der Waals surface area contributed by atoms with Gasteiger partial charge in [0.05, 0.1) is 10.6 Å². The van der Waals surface area contributed by atoms with Crippen LogP contribution in [0.4, 0.5) is 11.4 Å². The molecule has 82 valence electrons. The van der Waals surface area contributed by atoms with Crippen molar-refractivity contribution < 1.29 is 10.0 Å². The molecule has 0 saturated carbocycles. The third-order valence-electron chi connectivity index (χ3n) is 2.16. The van der Waals surface area contributed by atoms with E-state index in [0.717, 1.165) is 5.56 Å². The van der Waals surface area contributed by atoms with Gasteiger partial charge in [0, 0.05) is 24.7 Å². The molecule has 0 aromatic heterocycles. The van der Waals surface area contributed by atoms with E-state index in [1.807, 2.05) is 0 Å². The van der Waals surface area contributed by atoms with Crippen LogP contribution in [0.15, 0.2) is 12.1 Å². The third-order valence-corrected chi connectivity index (χ3v) is 2.16. The second kappa shape index (κ2) is 4.72. The second-order valence-electron chi connectivity index (χ2n) is 3.17. The van der Waals surface area contributed by atoms with E-state index in [1.54, 1.807) is 13.0 Å². The van der Waals surface area contributed by atoms with E-state index < -0.39 is 4.92 Å². The van der Waals surface area contributed by atoms with E-state index in [1.165, 1.54) is 6.07 Å². The van der Waals surface area contributed by atoms with E-state index >= 15 is 0 Å². The molecule has 15 heavy (non-hydrogen) atoms. The van der Waals surface area contributed by atoms with E-state index in [-0.39, 0.29) is 18.7 Å². The Bertz CT molecular complexity index is 379. The maximum Gasteiger partial charge on any atom is 0.274 e. The van der Waals surface area contributed by atoms with Gasteiger partial charge < -0.3 is 10.5 Å². The maximum atomic E-state index is 10.7.